The summed E-state index contributed by atoms with van der Waals surface area (Å²) in [6.07, 6.45) is 7.88. The van der Waals surface area contributed by atoms with Crippen LogP contribution in [0.3, 0.4) is 0 Å². The summed E-state index contributed by atoms with van der Waals surface area (Å²) in [6.45, 7) is 3.57. The van der Waals surface area contributed by atoms with E-state index in [1.54, 1.807) is 0 Å². The van der Waals surface area contributed by atoms with Crippen molar-refractivity contribution < 1.29 is 0 Å². The summed E-state index contributed by atoms with van der Waals surface area (Å²) >= 11 is 0. The molecule has 2 N–H and O–H groups in total. The van der Waals surface area contributed by atoms with Crippen LogP contribution in [-0.2, 0) is 0 Å². The highest BCUT2D eigenvalue weighted by Gasteiger charge is 2.36. The van der Waals surface area contributed by atoms with Gasteiger partial charge >= 0.3 is 0 Å². The molecule has 3 rings (SSSR count). The van der Waals surface area contributed by atoms with Crippen LogP contribution in [0.25, 0.3) is 0 Å². The molecule has 3 unspecified atom stereocenters. The maximum absolute atomic E-state index is 6.34. The number of rotatable bonds is 3. The van der Waals surface area contributed by atoms with Gasteiger partial charge < -0.3 is 5.73 Å². The second-order valence-electron chi connectivity index (χ2n) is 6.16. The van der Waals surface area contributed by atoms with E-state index in [1.807, 2.05) is 0 Å². The molecule has 2 aliphatic rings. The number of nitrogens with two attached hydrogens (primary N) is 1. The van der Waals surface area contributed by atoms with Gasteiger partial charge in [0.2, 0.25) is 0 Å². The average Bonchev–Trinajstić information content (AvgIpc) is 2.78. The first-order valence-electron chi connectivity index (χ1n) is 7.91. The van der Waals surface area contributed by atoms with Crippen molar-refractivity contribution in [3.8, 4) is 0 Å². The SMILES string of the molecule is CCCC1CCCCN1C1CC(N)c2ccccc21. The Labute approximate surface area is 117 Å². The van der Waals surface area contributed by atoms with E-state index < -0.39 is 0 Å². The normalized spacial score (nSPS) is 31.4. The zero-order valence-electron chi connectivity index (χ0n) is 12.0. The van der Waals surface area contributed by atoms with Crippen molar-refractivity contribution >= 4 is 0 Å². The number of nitrogens with zero attached hydrogens (tertiary/aromatic N) is 1. The summed E-state index contributed by atoms with van der Waals surface area (Å²) in [5.74, 6) is 0. The van der Waals surface area contributed by atoms with Crippen LogP contribution in [0.2, 0.25) is 0 Å². The van der Waals surface area contributed by atoms with Crippen molar-refractivity contribution in [1.29, 1.82) is 0 Å². The second kappa shape index (κ2) is 5.64. The molecule has 2 nitrogen and oxygen atoms in total. The van der Waals surface area contributed by atoms with Gasteiger partial charge in [-0.25, -0.2) is 0 Å². The molecule has 1 aliphatic carbocycles. The van der Waals surface area contributed by atoms with Gasteiger partial charge in [-0.05, 0) is 43.4 Å². The Morgan fingerprint density at radius 3 is 2.79 bits per heavy atom. The lowest BCUT2D eigenvalue weighted by atomic mass is 9.94. The van der Waals surface area contributed by atoms with E-state index in [4.69, 9.17) is 5.73 Å². The Bertz CT molecular complexity index is 427. The molecule has 0 amide bonds. The number of hydrogen-bond acceptors (Lipinski definition) is 2. The van der Waals surface area contributed by atoms with Gasteiger partial charge in [0.05, 0.1) is 0 Å². The maximum atomic E-state index is 6.34. The van der Waals surface area contributed by atoms with Crippen LogP contribution in [0.5, 0.6) is 0 Å². The third-order valence-corrected chi connectivity index (χ3v) is 4.93. The number of hydrogen-bond donors (Lipinski definition) is 1. The highest BCUT2D eigenvalue weighted by molar-refractivity contribution is 5.37. The summed E-state index contributed by atoms with van der Waals surface area (Å²) in [6, 6.07) is 10.4. The summed E-state index contributed by atoms with van der Waals surface area (Å²) in [5.41, 5.74) is 9.22. The minimum atomic E-state index is 0.241. The summed E-state index contributed by atoms with van der Waals surface area (Å²) < 4.78 is 0. The Morgan fingerprint density at radius 2 is 2.00 bits per heavy atom. The van der Waals surface area contributed by atoms with Crippen molar-refractivity contribution in [3.05, 3.63) is 35.4 Å². The molecule has 1 fully saturated rings. The molecule has 1 aromatic carbocycles. The lowest BCUT2D eigenvalue weighted by Gasteiger charge is -2.40. The van der Waals surface area contributed by atoms with E-state index in [0.29, 0.717) is 6.04 Å². The fraction of sp³-hybridized carbons (Fsp3) is 0.647. The van der Waals surface area contributed by atoms with Gasteiger partial charge in [-0.1, -0.05) is 44.0 Å². The highest BCUT2D eigenvalue weighted by Crippen LogP contribution is 2.43. The zero-order valence-corrected chi connectivity index (χ0v) is 12.0. The molecule has 1 heterocycles. The Morgan fingerprint density at radius 1 is 1.21 bits per heavy atom. The summed E-state index contributed by atoms with van der Waals surface area (Å²) in [5, 5.41) is 0. The Kier molecular flexibility index (Phi) is 3.90. The van der Waals surface area contributed by atoms with Gasteiger partial charge in [-0.3, -0.25) is 4.90 Å². The molecule has 0 bridgehead atoms. The third-order valence-electron chi connectivity index (χ3n) is 4.93. The van der Waals surface area contributed by atoms with E-state index in [1.165, 1.54) is 49.8 Å². The van der Waals surface area contributed by atoms with Crippen LogP contribution in [0.15, 0.2) is 24.3 Å². The van der Waals surface area contributed by atoms with Gasteiger partial charge in [-0.15, -0.1) is 0 Å². The van der Waals surface area contributed by atoms with Crippen molar-refractivity contribution in [2.45, 2.75) is 63.6 Å². The maximum Gasteiger partial charge on any atom is 0.0372 e. The Hall–Kier alpha value is -0.860. The molecule has 2 heteroatoms. The molecule has 3 atom stereocenters. The van der Waals surface area contributed by atoms with Gasteiger partial charge in [0.25, 0.3) is 0 Å². The van der Waals surface area contributed by atoms with Gasteiger partial charge in [0.15, 0.2) is 0 Å². The fourth-order valence-electron chi connectivity index (χ4n) is 4.04. The molecule has 0 saturated carbocycles. The lowest BCUT2D eigenvalue weighted by molar-refractivity contribution is 0.0856. The standard InChI is InChI=1S/C17H26N2/c1-2-7-13-8-5-6-11-19(13)17-12-16(18)14-9-3-4-10-15(14)17/h3-4,9-10,13,16-17H,2,5-8,11-12,18H2,1H3. The zero-order chi connectivity index (χ0) is 13.2. The van der Waals surface area contributed by atoms with Gasteiger partial charge in [0, 0.05) is 18.1 Å². The van der Waals surface area contributed by atoms with Crippen LogP contribution >= 0.6 is 0 Å². The quantitative estimate of drug-likeness (QED) is 0.894. The molecule has 0 radical (unpaired) electrons. The average molecular weight is 258 g/mol. The minimum absolute atomic E-state index is 0.241. The Balaban J connectivity index is 1.85. The molecule has 1 aromatic rings. The summed E-state index contributed by atoms with van der Waals surface area (Å²) in [4.78, 5) is 2.76. The van der Waals surface area contributed by atoms with Gasteiger partial charge in [-0.2, -0.15) is 0 Å². The van der Waals surface area contributed by atoms with E-state index in [9.17, 15) is 0 Å². The molecule has 104 valence electrons. The number of likely N-dealkylation sites (tertiary alicyclic amines) is 1. The third kappa shape index (κ3) is 2.44. The highest BCUT2D eigenvalue weighted by atomic mass is 15.2. The molecule has 19 heavy (non-hydrogen) atoms. The molecular weight excluding hydrogens is 232 g/mol. The fourth-order valence-corrected chi connectivity index (χ4v) is 4.04. The van der Waals surface area contributed by atoms with E-state index in [2.05, 4.69) is 36.1 Å². The molecule has 0 spiro atoms. The van der Waals surface area contributed by atoms with Crippen LogP contribution in [-0.4, -0.2) is 17.5 Å². The second-order valence-corrected chi connectivity index (χ2v) is 6.16. The van der Waals surface area contributed by atoms with E-state index in [-0.39, 0.29) is 6.04 Å². The first kappa shape index (κ1) is 13.1. The van der Waals surface area contributed by atoms with Crippen LogP contribution in [0, 0.1) is 0 Å². The molecule has 0 aromatic heterocycles. The monoisotopic (exact) mass is 258 g/mol. The minimum Gasteiger partial charge on any atom is -0.324 e. The number of fused-ring (bicyclic) bond motifs is 1. The number of benzene rings is 1. The lowest BCUT2D eigenvalue weighted by Crippen LogP contribution is -2.41. The van der Waals surface area contributed by atoms with Crippen molar-refractivity contribution in [2.75, 3.05) is 6.54 Å². The van der Waals surface area contributed by atoms with Gasteiger partial charge in [0.1, 0.15) is 0 Å². The first-order chi connectivity index (χ1) is 9.31. The van der Waals surface area contributed by atoms with E-state index in [0.717, 1.165) is 12.5 Å². The van der Waals surface area contributed by atoms with Crippen molar-refractivity contribution in [1.82, 2.24) is 4.90 Å². The summed E-state index contributed by atoms with van der Waals surface area (Å²) in [7, 11) is 0. The predicted molar refractivity (Wildman–Crippen MR) is 80.0 cm³/mol. The number of piperidine rings is 1. The van der Waals surface area contributed by atoms with Crippen LogP contribution in [0.4, 0.5) is 0 Å². The van der Waals surface area contributed by atoms with Crippen LogP contribution < -0.4 is 5.73 Å². The predicted octanol–water partition coefficient (Wildman–Crippen LogP) is 3.79. The van der Waals surface area contributed by atoms with Crippen molar-refractivity contribution in [3.63, 3.8) is 0 Å². The topological polar surface area (TPSA) is 29.3 Å². The van der Waals surface area contributed by atoms with Crippen molar-refractivity contribution in [2.24, 2.45) is 5.73 Å². The smallest absolute Gasteiger partial charge is 0.0372 e. The van der Waals surface area contributed by atoms with Crippen LogP contribution in [0.1, 0.15) is 68.7 Å². The molecular formula is C17H26N2. The molecule has 1 saturated heterocycles. The van der Waals surface area contributed by atoms with E-state index >= 15 is 0 Å². The molecule has 1 aliphatic heterocycles. The largest absolute Gasteiger partial charge is 0.324 e. The first-order valence-corrected chi connectivity index (χ1v) is 7.91.